The van der Waals surface area contributed by atoms with E-state index in [-0.39, 0.29) is 24.3 Å². The van der Waals surface area contributed by atoms with E-state index >= 15 is 0 Å². The summed E-state index contributed by atoms with van der Waals surface area (Å²) in [5.41, 5.74) is -0.225. The number of carbonyl (C=O) groups excluding carboxylic acids is 1. The number of hydrogen-bond donors (Lipinski definition) is 2. The molecule has 1 atom stereocenters. The lowest BCUT2D eigenvalue weighted by atomic mass is 10.2. The number of anilines is 1. The number of likely N-dealkylation sites (N-methyl/N-ethyl adjacent to an activating group) is 1. The molecule has 0 saturated carbocycles. The average molecular weight is 325 g/mol. The quantitative estimate of drug-likeness (QED) is 0.546. The van der Waals surface area contributed by atoms with Gasteiger partial charge in [0.2, 0.25) is 5.91 Å². The molecule has 0 bridgehead atoms. The second-order valence-corrected chi connectivity index (χ2v) is 4.93. The Hall–Kier alpha value is -2.68. The molecule has 1 aromatic carbocycles. The summed E-state index contributed by atoms with van der Waals surface area (Å²) in [4.78, 5) is 34.7. The number of rotatable bonds is 8. The molecule has 0 heterocycles. The second kappa shape index (κ2) is 8.08. The number of nitrogens with zero attached hydrogens (tertiary/aromatic N) is 2. The molecule has 0 fully saturated rings. The van der Waals surface area contributed by atoms with E-state index in [4.69, 9.17) is 9.84 Å². The summed E-state index contributed by atoms with van der Waals surface area (Å²) in [6, 6.07) is 3.46. The maximum Gasteiger partial charge on any atom is 0.304 e. The Bertz CT molecular complexity index is 604. The number of benzene rings is 1. The highest BCUT2D eigenvalue weighted by atomic mass is 16.6. The number of ether oxygens (including phenoxy) is 1. The van der Waals surface area contributed by atoms with Gasteiger partial charge in [-0.05, 0) is 26.1 Å². The highest BCUT2D eigenvalue weighted by molar-refractivity contribution is 5.96. The van der Waals surface area contributed by atoms with Crippen molar-refractivity contribution in [2.75, 3.05) is 26.0 Å². The minimum absolute atomic E-state index is 0.0549. The zero-order chi connectivity index (χ0) is 17.6. The van der Waals surface area contributed by atoms with Crippen LogP contribution in [0.1, 0.15) is 13.3 Å². The molecule has 0 aliphatic rings. The van der Waals surface area contributed by atoms with Crippen molar-refractivity contribution in [2.24, 2.45) is 0 Å². The summed E-state index contributed by atoms with van der Waals surface area (Å²) < 4.78 is 4.92. The van der Waals surface area contributed by atoms with Crippen molar-refractivity contribution in [1.82, 2.24) is 4.90 Å². The Labute approximate surface area is 133 Å². The topological polar surface area (TPSA) is 122 Å². The molecule has 0 aromatic heterocycles. The fourth-order valence-electron chi connectivity index (χ4n) is 1.80. The van der Waals surface area contributed by atoms with Crippen LogP contribution in [-0.4, -0.2) is 53.6 Å². The lowest BCUT2D eigenvalue weighted by Gasteiger charge is -2.23. The van der Waals surface area contributed by atoms with Gasteiger partial charge in [-0.15, -0.1) is 0 Å². The second-order valence-electron chi connectivity index (χ2n) is 4.93. The average Bonchev–Trinajstić information content (AvgIpc) is 2.51. The van der Waals surface area contributed by atoms with Crippen LogP contribution in [0.4, 0.5) is 11.4 Å². The van der Waals surface area contributed by atoms with Crippen molar-refractivity contribution in [3.63, 3.8) is 0 Å². The third kappa shape index (κ3) is 5.22. The van der Waals surface area contributed by atoms with Crippen molar-refractivity contribution in [3.05, 3.63) is 28.3 Å². The van der Waals surface area contributed by atoms with Gasteiger partial charge in [0, 0.05) is 6.54 Å². The van der Waals surface area contributed by atoms with Crippen LogP contribution in [-0.2, 0) is 9.59 Å². The maximum absolute atomic E-state index is 12.2. The van der Waals surface area contributed by atoms with Crippen LogP contribution in [0.3, 0.4) is 0 Å². The summed E-state index contributed by atoms with van der Waals surface area (Å²) >= 11 is 0. The van der Waals surface area contributed by atoms with E-state index < -0.39 is 22.8 Å². The zero-order valence-corrected chi connectivity index (χ0v) is 13.1. The smallest absolute Gasteiger partial charge is 0.304 e. The van der Waals surface area contributed by atoms with E-state index in [0.29, 0.717) is 5.75 Å². The number of nitrogens with one attached hydrogen (secondary N) is 1. The third-order valence-electron chi connectivity index (χ3n) is 3.38. The number of carboxylic acids is 1. The Kier molecular flexibility index (Phi) is 6.46. The first-order valence-electron chi connectivity index (χ1n) is 6.81. The molecular weight excluding hydrogens is 306 g/mol. The molecule has 126 valence electrons. The first kappa shape index (κ1) is 18.4. The van der Waals surface area contributed by atoms with Gasteiger partial charge < -0.3 is 15.2 Å². The summed E-state index contributed by atoms with van der Waals surface area (Å²) in [5, 5.41) is 22.2. The number of aliphatic carboxylic acids is 1. The fourth-order valence-corrected chi connectivity index (χ4v) is 1.80. The molecule has 0 aliphatic carbocycles. The number of nitro groups is 1. The van der Waals surface area contributed by atoms with Crippen LogP contribution < -0.4 is 10.1 Å². The van der Waals surface area contributed by atoms with E-state index in [2.05, 4.69) is 5.32 Å². The standard InChI is InChI=1S/C14H19N3O6/c1-9(16(2)7-6-13(18)19)14(20)15-11-5-4-10(23-3)8-12(11)17(21)22/h4-5,8-9H,6-7H2,1-3H3,(H,15,20)(H,18,19). The molecule has 0 radical (unpaired) electrons. The third-order valence-corrected chi connectivity index (χ3v) is 3.38. The highest BCUT2D eigenvalue weighted by Crippen LogP contribution is 2.29. The first-order valence-corrected chi connectivity index (χ1v) is 6.81. The van der Waals surface area contributed by atoms with E-state index in [9.17, 15) is 19.7 Å². The van der Waals surface area contributed by atoms with E-state index in [1.807, 2.05) is 0 Å². The van der Waals surface area contributed by atoms with Crippen molar-refractivity contribution in [2.45, 2.75) is 19.4 Å². The number of carboxylic acid groups (broad SMARTS) is 1. The number of carbonyl (C=O) groups is 2. The lowest BCUT2D eigenvalue weighted by Crippen LogP contribution is -2.40. The molecule has 1 rings (SSSR count). The Morgan fingerprint density at radius 3 is 2.65 bits per heavy atom. The molecular formula is C14H19N3O6. The normalized spacial score (nSPS) is 11.8. The molecule has 9 nitrogen and oxygen atoms in total. The van der Waals surface area contributed by atoms with Gasteiger partial charge >= 0.3 is 5.97 Å². The van der Waals surface area contributed by atoms with Crippen molar-refractivity contribution < 1.29 is 24.4 Å². The zero-order valence-electron chi connectivity index (χ0n) is 13.1. The molecule has 9 heteroatoms. The van der Waals surface area contributed by atoms with Gasteiger partial charge in [0.25, 0.3) is 5.69 Å². The minimum atomic E-state index is -0.963. The Morgan fingerprint density at radius 2 is 2.13 bits per heavy atom. The summed E-state index contributed by atoms with van der Waals surface area (Å²) in [7, 11) is 2.99. The molecule has 1 amide bonds. The van der Waals surface area contributed by atoms with E-state index in [1.54, 1.807) is 18.9 Å². The van der Waals surface area contributed by atoms with E-state index in [1.165, 1.54) is 25.3 Å². The first-order chi connectivity index (χ1) is 10.8. The predicted octanol–water partition coefficient (Wildman–Crippen LogP) is 1.34. The maximum atomic E-state index is 12.2. The summed E-state index contributed by atoms with van der Waals surface area (Å²) in [6.45, 7) is 1.78. The van der Waals surface area contributed by atoms with Crippen molar-refractivity contribution in [1.29, 1.82) is 0 Å². The number of hydrogen-bond acceptors (Lipinski definition) is 6. The Balaban J connectivity index is 2.84. The summed E-state index contributed by atoms with van der Waals surface area (Å²) in [5.74, 6) is -1.12. The predicted molar refractivity (Wildman–Crippen MR) is 82.6 cm³/mol. The highest BCUT2D eigenvalue weighted by Gasteiger charge is 2.22. The van der Waals surface area contributed by atoms with Gasteiger partial charge in [-0.2, -0.15) is 0 Å². The molecule has 0 spiro atoms. The van der Waals surface area contributed by atoms with Crippen LogP contribution in [0.5, 0.6) is 5.75 Å². The molecule has 23 heavy (non-hydrogen) atoms. The van der Waals surface area contributed by atoms with Crippen molar-refractivity contribution >= 4 is 23.3 Å². The van der Waals surface area contributed by atoms with Gasteiger partial charge in [-0.3, -0.25) is 24.6 Å². The largest absolute Gasteiger partial charge is 0.496 e. The van der Waals surface area contributed by atoms with Crippen LogP contribution in [0, 0.1) is 10.1 Å². The number of nitro benzene ring substituents is 1. The SMILES string of the molecule is COc1ccc(NC(=O)C(C)N(C)CCC(=O)O)c([N+](=O)[O-])c1. The van der Waals surface area contributed by atoms with Gasteiger partial charge in [-0.1, -0.05) is 0 Å². The van der Waals surface area contributed by atoms with Crippen LogP contribution >= 0.6 is 0 Å². The van der Waals surface area contributed by atoms with E-state index in [0.717, 1.165) is 0 Å². The molecule has 0 saturated heterocycles. The fraction of sp³-hybridized carbons (Fsp3) is 0.429. The van der Waals surface area contributed by atoms with Crippen LogP contribution in [0.15, 0.2) is 18.2 Å². The van der Waals surface area contributed by atoms with Gasteiger partial charge in [0.15, 0.2) is 0 Å². The molecule has 0 aliphatic heterocycles. The number of amides is 1. The molecule has 2 N–H and O–H groups in total. The van der Waals surface area contributed by atoms with Crippen molar-refractivity contribution in [3.8, 4) is 5.75 Å². The Morgan fingerprint density at radius 1 is 1.48 bits per heavy atom. The monoisotopic (exact) mass is 325 g/mol. The van der Waals surface area contributed by atoms with Gasteiger partial charge in [-0.25, -0.2) is 0 Å². The summed E-state index contributed by atoms with van der Waals surface area (Å²) in [6.07, 6.45) is -0.100. The number of methoxy groups -OCH3 is 1. The van der Waals surface area contributed by atoms with Crippen LogP contribution in [0.25, 0.3) is 0 Å². The molecule has 1 unspecified atom stereocenters. The molecule has 1 aromatic rings. The van der Waals surface area contributed by atoms with Crippen LogP contribution in [0.2, 0.25) is 0 Å². The van der Waals surface area contributed by atoms with Gasteiger partial charge in [0.05, 0.1) is 30.6 Å². The minimum Gasteiger partial charge on any atom is -0.496 e. The lowest BCUT2D eigenvalue weighted by molar-refractivity contribution is -0.384. The van der Waals surface area contributed by atoms with Gasteiger partial charge in [0.1, 0.15) is 11.4 Å².